The Balaban J connectivity index is 1.33. The smallest absolute Gasteiger partial charge is 0.106 e. The van der Waals surface area contributed by atoms with Crippen molar-refractivity contribution in [1.82, 2.24) is 25.1 Å². The summed E-state index contributed by atoms with van der Waals surface area (Å²) in [5.41, 5.74) is 5.29. The van der Waals surface area contributed by atoms with Crippen LogP contribution in [0.5, 0.6) is 0 Å². The predicted molar refractivity (Wildman–Crippen MR) is 94.7 cm³/mol. The molecule has 2 aromatic heterocycles. The molecular weight excluding hydrogens is 298 g/mol. The Bertz CT molecular complexity index is 665. The van der Waals surface area contributed by atoms with Crippen molar-refractivity contribution in [2.75, 3.05) is 7.05 Å². The van der Waals surface area contributed by atoms with Gasteiger partial charge in [-0.15, -0.1) is 0 Å². The highest BCUT2D eigenvalue weighted by Crippen LogP contribution is 2.27. The van der Waals surface area contributed by atoms with Gasteiger partial charge >= 0.3 is 0 Å². The zero-order chi connectivity index (χ0) is 16.4. The van der Waals surface area contributed by atoms with Gasteiger partial charge in [-0.05, 0) is 44.2 Å². The van der Waals surface area contributed by atoms with Crippen molar-refractivity contribution in [1.29, 1.82) is 0 Å². The van der Waals surface area contributed by atoms with Crippen LogP contribution in [0.4, 0.5) is 0 Å². The Morgan fingerprint density at radius 2 is 1.96 bits per heavy atom. The maximum Gasteiger partial charge on any atom is 0.106 e. The Morgan fingerprint density at radius 3 is 2.83 bits per heavy atom. The van der Waals surface area contributed by atoms with Crippen LogP contribution in [0.2, 0.25) is 0 Å². The van der Waals surface area contributed by atoms with Crippen molar-refractivity contribution in [2.24, 2.45) is 5.92 Å². The van der Waals surface area contributed by atoms with Crippen LogP contribution < -0.4 is 0 Å². The van der Waals surface area contributed by atoms with Crippen LogP contribution >= 0.6 is 0 Å². The molecule has 2 aliphatic carbocycles. The number of aryl methyl sites for hydroxylation is 1. The second-order valence-electron chi connectivity index (χ2n) is 7.72. The first-order valence-corrected chi connectivity index (χ1v) is 9.54. The fraction of sp³-hybridized carbons (Fsp3) is 0.684. The first-order chi connectivity index (χ1) is 11.8. The predicted octanol–water partition coefficient (Wildman–Crippen LogP) is 3.38. The number of hydrogen-bond donors (Lipinski definition) is 2. The first kappa shape index (κ1) is 15.9. The largest absolute Gasteiger partial charge is 0.345 e. The van der Waals surface area contributed by atoms with Gasteiger partial charge in [0.2, 0.25) is 0 Å². The Kier molecular flexibility index (Phi) is 4.69. The van der Waals surface area contributed by atoms with Crippen LogP contribution in [0.3, 0.4) is 0 Å². The van der Waals surface area contributed by atoms with E-state index in [1.165, 1.54) is 73.4 Å². The van der Waals surface area contributed by atoms with Crippen LogP contribution in [-0.2, 0) is 32.4 Å². The van der Waals surface area contributed by atoms with E-state index >= 15 is 0 Å². The number of nitrogens with one attached hydrogen (secondary N) is 2. The van der Waals surface area contributed by atoms with Gasteiger partial charge in [-0.2, -0.15) is 5.10 Å². The number of imidazole rings is 1. The summed E-state index contributed by atoms with van der Waals surface area (Å²) in [5, 5.41) is 7.80. The number of H-pyrrole nitrogens is 2. The summed E-state index contributed by atoms with van der Waals surface area (Å²) >= 11 is 0. The molecule has 0 atom stereocenters. The van der Waals surface area contributed by atoms with E-state index in [2.05, 4.69) is 32.1 Å². The summed E-state index contributed by atoms with van der Waals surface area (Å²) in [6, 6.07) is 0. The van der Waals surface area contributed by atoms with Gasteiger partial charge in [0.25, 0.3) is 0 Å². The lowest BCUT2D eigenvalue weighted by Gasteiger charge is -2.16. The molecule has 0 unspecified atom stereocenters. The third kappa shape index (κ3) is 3.56. The van der Waals surface area contributed by atoms with Crippen LogP contribution in [0.1, 0.15) is 67.0 Å². The molecule has 2 heterocycles. The third-order valence-corrected chi connectivity index (χ3v) is 5.64. The minimum Gasteiger partial charge on any atom is -0.345 e. The number of hydrogen-bond acceptors (Lipinski definition) is 3. The molecule has 0 aromatic carbocycles. The highest BCUT2D eigenvalue weighted by atomic mass is 15.2. The highest BCUT2D eigenvalue weighted by Gasteiger charge is 2.19. The average Bonchev–Trinajstić information content (AvgIpc) is 3.31. The molecule has 0 amide bonds. The first-order valence-electron chi connectivity index (χ1n) is 9.54. The zero-order valence-electron chi connectivity index (χ0n) is 14.8. The molecule has 5 heteroatoms. The van der Waals surface area contributed by atoms with Crippen LogP contribution in [-0.4, -0.2) is 32.1 Å². The Hall–Kier alpha value is -1.62. The molecule has 0 spiro atoms. The number of fused-ring (bicyclic) bond motifs is 1. The van der Waals surface area contributed by atoms with Crippen molar-refractivity contribution in [2.45, 2.75) is 70.9 Å². The summed E-state index contributed by atoms with van der Waals surface area (Å²) in [5.74, 6) is 2.01. The van der Waals surface area contributed by atoms with Gasteiger partial charge in [0, 0.05) is 37.1 Å². The van der Waals surface area contributed by atoms with Crippen LogP contribution in [0.25, 0.3) is 0 Å². The standard InChI is InChI=1S/C19H29N5/c1-24(13-18-16-8-4-5-9-17(16)22-23-18)12-15-11-20-19(21-15)10-14-6-2-3-7-14/h11,14H,2-10,12-13H2,1H3,(H,20,21)(H,22,23). The zero-order valence-corrected chi connectivity index (χ0v) is 14.8. The Morgan fingerprint density at radius 1 is 1.12 bits per heavy atom. The average molecular weight is 327 g/mol. The minimum absolute atomic E-state index is 0.845. The van der Waals surface area contributed by atoms with E-state index in [1.807, 2.05) is 6.20 Å². The van der Waals surface area contributed by atoms with Crippen LogP contribution in [0, 0.1) is 5.92 Å². The molecule has 5 nitrogen and oxygen atoms in total. The second kappa shape index (κ2) is 7.09. The normalized spacial score (nSPS) is 18.4. The molecule has 2 aliphatic rings. The van der Waals surface area contributed by atoms with E-state index < -0.39 is 0 Å². The van der Waals surface area contributed by atoms with E-state index in [0.717, 1.165) is 31.8 Å². The summed E-state index contributed by atoms with van der Waals surface area (Å²) < 4.78 is 0. The van der Waals surface area contributed by atoms with E-state index in [9.17, 15) is 0 Å². The SMILES string of the molecule is CN(Cc1cnc(CC2CCCC2)[nH]1)Cc1n[nH]c2c1CCCC2. The van der Waals surface area contributed by atoms with E-state index in [-0.39, 0.29) is 0 Å². The topological polar surface area (TPSA) is 60.6 Å². The van der Waals surface area contributed by atoms with E-state index in [1.54, 1.807) is 0 Å². The summed E-state index contributed by atoms with van der Waals surface area (Å²) in [6.07, 6.45) is 13.6. The van der Waals surface area contributed by atoms with Crippen molar-refractivity contribution >= 4 is 0 Å². The van der Waals surface area contributed by atoms with Crippen molar-refractivity contribution in [3.05, 3.63) is 34.7 Å². The van der Waals surface area contributed by atoms with Gasteiger partial charge in [0.1, 0.15) is 5.82 Å². The maximum absolute atomic E-state index is 4.60. The summed E-state index contributed by atoms with van der Waals surface area (Å²) in [7, 11) is 2.17. The molecule has 2 N–H and O–H groups in total. The molecule has 1 fully saturated rings. The molecule has 0 aliphatic heterocycles. The molecule has 0 radical (unpaired) electrons. The van der Waals surface area contributed by atoms with Crippen LogP contribution in [0.15, 0.2) is 6.20 Å². The van der Waals surface area contributed by atoms with Gasteiger partial charge in [-0.1, -0.05) is 25.7 Å². The van der Waals surface area contributed by atoms with E-state index in [4.69, 9.17) is 0 Å². The van der Waals surface area contributed by atoms with Gasteiger partial charge < -0.3 is 4.98 Å². The van der Waals surface area contributed by atoms with Gasteiger partial charge in [-0.3, -0.25) is 10.00 Å². The van der Waals surface area contributed by atoms with Gasteiger partial charge in [-0.25, -0.2) is 4.98 Å². The lowest BCUT2D eigenvalue weighted by atomic mass is 9.96. The molecule has 0 bridgehead atoms. The molecule has 2 aromatic rings. The van der Waals surface area contributed by atoms with Gasteiger partial charge in [0.15, 0.2) is 0 Å². The monoisotopic (exact) mass is 327 g/mol. The minimum atomic E-state index is 0.845. The van der Waals surface area contributed by atoms with Crippen molar-refractivity contribution in [3.8, 4) is 0 Å². The fourth-order valence-corrected chi connectivity index (χ4v) is 4.36. The fourth-order valence-electron chi connectivity index (χ4n) is 4.36. The lowest BCUT2D eigenvalue weighted by molar-refractivity contribution is 0.310. The van der Waals surface area contributed by atoms with E-state index in [0.29, 0.717) is 0 Å². The number of nitrogens with zero attached hydrogens (tertiary/aromatic N) is 3. The number of rotatable bonds is 6. The molecule has 1 saturated carbocycles. The molecule has 0 saturated heterocycles. The number of aromatic amines is 2. The lowest BCUT2D eigenvalue weighted by Crippen LogP contribution is -2.19. The maximum atomic E-state index is 4.60. The molecular formula is C19H29N5. The number of aromatic nitrogens is 4. The van der Waals surface area contributed by atoms with Gasteiger partial charge in [0.05, 0.1) is 5.69 Å². The third-order valence-electron chi connectivity index (χ3n) is 5.64. The molecule has 24 heavy (non-hydrogen) atoms. The molecule has 130 valence electrons. The quantitative estimate of drug-likeness (QED) is 0.855. The highest BCUT2D eigenvalue weighted by molar-refractivity contribution is 5.27. The second-order valence-corrected chi connectivity index (χ2v) is 7.72. The summed E-state index contributed by atoms with van der Waals surface area (Å²) in [4.78, 5) is 10.5. The molecule has 4 rings (SSSR count). The summed E-state index contributed by atoms with van der Waals surface area (Å²) in [6.45, 7) is 1.81. The van der Waals surface area contributed by atoms with Crippen molar-refractivity contribution < 1.29 is 0 Å². The Labute approximate surface area is 144 Å². The van der Waals surface area contributed by atoms with Crippen molar-refractivity contribution in [3.63, 3.8) is 0 Å².